The highest BCUT2D eigenvalue weighted by Gasteiger charge is 2.45. The van der Waals surface area contributed by atoms with E-state index in [-0.39, 0.29) is 0 Å². The number of hydrogen-bond acceptors (Lipinski definition) is 5. The van der Waals surface area contributed by atoms with Crippen molar-refractivity contribution in [2.45, 2.75) is 91.3 Å². The first-order valence-corrected chi connectivity index (χ1v) is 10.4. The lowest BCUT2D eigenvalue weighted by Gasteiger charge is -2.39. The van der Waals surface area contributed by atoms with E-state index in [0.29, 0.717) is 26.4 Å². The van der Waals surface area contributed by atoms with Crippen molar-refractivity contribution in [1.82, 2.24) is 5.32 Å². The molecule has 0 bridgehead atoms. The van der Waals surface area contributed by atoms with Gasteiger partial charge in [-0.25, -0.2) is 0 Å². The third-order valence-corrected chi connectivity index (χ3v) is 3.90. The molecule has 0 heterocycles. The lowest BCUT2D eigenvalue weighted by molar-refractivity contribution is -0.421. The largest absolute Gasteiger partial charge is 0.351 e. The molecule has 0 aliphatic heterocycles. The first kappa shape index (κ1) is 25.9. The summed E-state index contributed by atoms with van der Waals surface area (Å²) in [6.07, 6.45) is 11.6. The van der Waals surface area contributed by atoms with Crippen molar-refractivity contribution in [3.63, 3.8) is 0 Å². The van der Waals surface area contributed by atoms with Crippen LogP contribution in [0.3, 0.4) is 0 Å². The van der Waals surface area contributed by atoms with Crippen LogP contribution in [-0.4, -0.2) is 44.5 Å². The number of nitrogens with one attached hydrogen (secondary N) is 1. The van der Waals surface area contributed by atoms with E-state index in [1.807, 2.05) is 0 Å². The molecule has 0 saturated carbocycles. The summed E-state index contributed by atoms with van der Waals surface area (Å²) in [5.41, 5.74) is 0. The number of carbonyl (C=O) groups is 1. The highest BCUT2D eigenvalue weighted by molar-refractivity contribution is 5.92. The topological polar surface area (TPSA) is 66.0 Å². The Morgan fingerprint density at radius 3 is 1.63 bits per heavy atom. The second kappa shape index (κ2) is 17.0. The molecular formula is C21H39NO5. The maximum Gasteiger partial charge on any atom is 0.330 e. The standard InChI is InChI=1S/C21H39NO5/c1-6-11-15-24-20(22-19(23)10-5)21(25-16-12-7-2,26-17-13-8-3)27-18-14-9-4/h5,20H,6-9,11-18H2,1-4H3,(H,22,23). The molecule has 1 amide bonds. The van der Waals surface area contributed by atoms with E-state index in [4.69, 9.17) is 25.4 Å². The lowest BCUT2D eigenvalue weighted by Crippen LogP contribution is -2.59. The number of terminal acetylenes is 1. The van der Waals surface area contributed by atoms with Crippen LogP contribution in [0.1, 0.15) is 79.1 Å². The van der Waals surface area contributed by atoms with Gasteiger partial charge < -0.3 is 24.3 Å². The Morgan fingerprint density at radius 1 is 0.852 bits per heavy atom. The molecule has 27 heavy (non-hydrogen) atoms. The Labute approximate surface area is 165 Å². The number of rotatable bonds is 18. The van der Waals surface area contributed by atoms with Gasteiger partial charge in [0.05, 0.1) is 19.8 Å². The highest BCUT2D eigenvalue weighted by atomic mass is 16.9. The molecule has 1 unspecified atom stereocenters. The molecule has 6 heteroatoms. The average molecular weight is 386 g/mol. The zero-order chi connectivity index (χ0) is 20.4. The second-order valence-electron chi connectivity index (χ2n) is 6.43. The van der Waals surface area contributed by atoms with Crippen LogP contribution in [0.25, 0.3) is 0 Å². The van der Waals surface area contributed by atoms with Gasteiger partial charge in [0.25, 0.3) is 5.91 Å². The van der Waals surface area contributed by atoms with Crippen molar-refractivity contribution in [2.24, 2.45) is 0 Å². The van der Waals surface area contributed by atoms with Crippen LogP contribution in [-0.2, 0) is 23.7 Å². The van der Waals surface area contributed by atoms with Gasteiger partial charge in [0.2, 0.25) is 6.23 Å². The number of unbranched alkanes of at least 4 members (excludes halogenated alkanes) is 4. The Balaban J connectivity index is 5.52. The van der Waals surface area contributed by atoms with Gasteiger partial charge in [-0.2, -0.15) is 0 Å². The van der Waals surface area contributed by atoms with Gasteiger partial charge in [-0.1, -0.05) is 53.4 Å². The molecule has 1 atom stereocenters. The van der Waals surface area contributed by atoms with Crippen LogP contribution in [0.4, 0.5) is 0 Å². The van der Waals surface area contributed by atoms with Gasteiger partial charge >= 0.3 is 5.97 Å². The predicted octanol–water partition coefficient (Wildman–Crippen LogP) is 3.98. The van der Waals surface area contributed by atoms with Crippen LogP contribution in [0.5, 0.6) is 0 Å². The fourth-order valence-electron chi connectivity index (χ4n) is 2.17. The quantitative estimate of drug-likeness (QED) is 0.220. The second-order valence-corrected chi connectivity index (χ2v) is 6.43. The minimum absolute atomic E-state index is 0.439. The first-order valence-electron chi connectivity index (χ1n) is 10.4. The molecule has 0 aromatic rings. The van der Waals surface area contributed by atoms with Crippen LogP contribution < -0.4 is 5.32 Å². The van der Waals surface area contributed by atoms with E-state index in [2.05, 4.69) is 38.9 Å². The third-order valence-electron chi connectivity index (χ3n) is 3.90. The molecule has 0 fully saturated rings. The molecule has 158 valence electrons. The monoisotopic (exact) mass is 385 g/mol. The van der Waals surface area contributed by atoms with Gasteiger partial charge in [0.15, 0.2) is 0 Å². The smallest absolute Gasteiger partial charge is 0.330 e. The summed E-state index contributed by atoms with van der Waals surface area (Å²) < 4.78 is 24.1. The zero-order valence-electron chi connectivity index (χ0n) is 17.7. The first-order chi connectivity index (χ1) is 13.1. The minimum Gasteiger partial charge on any atom is -0.351 e. The fraction of sp³-hybridized carbons (Fsp3) is 0.857. The van der Waals surface area contributed by atoms with Crippen molar-refractivity contribution in [1.29, 1.82) is 0 Å². The molecule has 0 spiro atoms. The average Bonchev–Trinajstić information content (AvgIpc) is 2.67. The summed E-state index contributed by atoms with van der Waals surface area (Å²) >= 11 is 0. The van der Waals surface area contributed by atoms with E-state index in [9.17, 15) is 4.79 Å². The highest BCUT2D eigenvalue weighted by Crippen LogP contribution is 2.24. The number of carbonyl (C=O) groups excluding carboxylic acids is 1. The van der Waals surface area contributed by atoms with Gasteiger partial charge in [-0.3, -0.25) is 4.79 Å². The number of ether oxygens (including phenoxy) is 4. The summed E-state index contributed by atoms with van der Waals surface area (Å²) in [5.74, 6) is -0.0222. The Morgan fingerprint density at radius 2 is 1.26 bits per heavy atom. The van der Waals surface area contributed by atoms with Gasteiger partial charge in [-0.15, -0.1) is 6.42 Å². The molecule has 0 aliphatic carbocycles. The van der Waals surface area contributed by atoms with Crippen molar-refractivity contribution >= 4 is 5.91 Å². The SMILES string of the molecule is C#CC(=O)NC(OCCCC)C(OCCCC)(OCCCC)OCCCC. The van der Waals surface area contributed by atoms with Crippen molar-refractivity contribution in [3.05, 3.63) is 0 Å². The fourth-order valence-corrected chi connectivity index (χ4v) is 2.17. The lowest BCUT2D eigenvalue weighted by atomic mass is 10.3. The van der Waals surface area contributed by atoms with Gasteiger partial charge in [-0.05, 0) is 31.6 Å². The van der Waals surface area contributed by atoms with Crippen molar-refractivity contribution < 1.29 is 23.7 Å². The molecule has 0 aliphatic rings. The van der Waals surface area contributed by atoms with E-state index >= 15 is 0 Å². The summed E-state index contributed by atoms with van der Waals surface area (Å²) in [4.78, 5) is 11.9. The Kier molecular flexibility index (Phi) is 16.3. The molecule has 0 aromatic carbocycles. The molecule has 0 aromatic heterocycles. The van der Waals surface area contributed by atoms with Crippen LogP contribution in [0, 0.1) is 12.3 Å². The molecular weight excluding hydrogens is 346 g/mol. The maximum absolute atomic E-state index is 11.9. The predicted molar refractivity (Wildman–Crippen MR) is 107 cm³/mol. The minimum atomic E-state index is -1.50. The Hall–Kier alpha value is -1.13. The van der Waals surface area contributed by atoms with Gasteiger partial charge in [0.1, 0.15) is 0 Å². The van der Waals surface area contributed by atoms with Crippen LogP contribution in [0.2, 0.25) is 0 Å². The van der Waals surface area contributed by atoms with E-state index in [1.165, 1.54) is 0 Å². The number of hydrogen-bond donors (Lipinski definition) is 1. The maximum atomic E-state index is 11.9. The zero-order valence-corrected chi connectivity index (χ0v) is 17.7. The molecule has 6 nitrogen and oxygen atoms in total. The summed E-state index contributed by atoms with van der Waals surface area (Å²) in [5, 5.41) is 2.68. The van der Waals surface area contributed by atoms with Crippen molar-refractivity contribution in [3.8, 4) is 12.3 Å². The van der Waals surface area contributed by atoms with E-state index in [0.717, 1.165) is 51.4 Å². The molecule has 0 rings (SSSR count). The third kappa shape index (κ3) is 11.3. The summed E-state index contributed by atoms with van der Waals surface area (Å²) in [7, 11) is 0. The van der Waals surface area contributed by atoms with Crippen molar-refractivity contribution in [2.75, 3.05) is 26.4 Å². The summed E-state index contributed by atoms with van der Waals surface area (Å²) in [6, 6.07) is 0. The van der Waals surface area contributed by atoms with Crippen LogP contribution >= 0.6 is 0 Å². The molecule has 0 saturated heterocycles. The Bertz CT molecular complexity index is 381. The number of amides is 1. The molecule has 1 N–H and O–H groups in total. The van der Waals surface area contributed by atoms with Crippen LogP contribution in [0.15, 0.2) is 0 Å². The molecule has 0 radical (unpaired) electrons. The van der Waals surface area contributed by atoms with E-state index in [1.54, 1.807) is 0 Å². The van der Waals surface area contributed by atoms with Gasteiger partial charge in [0, 0.05) is 6.61 Å². The van der Waals surface area contributed by atoms with E-state index < -0.39 is 18.1 Å². The summed E-state index contributed by atoms with van der Waals surface area (Å²) in [6.45, 7) is 10.1. The normalized spacial score (nSPS) is 12.6.